The molecule has 0 radical (unpaired) electrons. The van der Waals surface area contributed by atoms with Crippen LogP contribution in [-0.4, -0.2) is 20.2 Å². The molecule has 1 aromatic rings. The molecule has 5 nitrogen and oxygen atoms in total. The first-order chi connectivity index (χ1) is 6.07. The first kappa shape index (κ1) is 9.50. The number of hydrogen-bond acceptors (Lipinski definition) is 2. The van der Waals surface area contributed by atoms with Crippen LogP contribution in [0, 0.1) is 0 Å². The molecule has 1 unspecified atom stereocenters. The van der Waals surface area contributed by atoms with Crippen molar-refractivity contribution in [1.29, 1.82) is 0 Å². The van der Waals surface area contributed by atoms with Crippen molar-refractivity contribution in [3.8, 4) is 0 Å². The lowest BCUT2D eigenvalue weighted by Gasteiger charge is -2.01. The lowest BCUT2D eigenvalue weighted by Crippen LogP contribution is -2.28. The Labute approximate surface area is 73.0 Å². The van der Waals surface area contributed by atoms with E-state index in [1.807, 2.05) is 0 Å². The van der Waals surface area contributed by atoms with Gasteiger partial charge in [-0.1, -0.05) is 0 Å². The van der Waals surface area contributed by atoms with Gasteiger partial charge in [-0.3, -0.25) is 9.13 Å². The molecule has 1 N–H and O–H groups in total. The largest absolute Gasteiger partial charge is 0.478 e. The lowest BCUT2D eigenvalue weighted by molar-refractivity contribution is -0.146. The third-order valence-electron chi connectivity index (χ3n) is 1.66. The highest BCUT2D eigenvalue weighted by Gasteiger charge is 2.20. The summed E-state index contributed by atoms with van der Waals surface area (Å²) in [5, 5.41) is 8.30. The number of nitrogens with zero attached hydrogens (tertiary/aromatic N) is 2. The normalized spacial score (nSPS) is 12.8. The molecule has 0 aliphatic rings. The molecule has 0 aromatic carbocycles. The third-order valence-corrected chi connectivity index (χ3v) is 1.66. The van der Waals surface area contributed by atoms with Crippen LogP contribution in [0.4, 0.5) is 4.39 Å². The van der Waals surface area contributed by atoms with Crippen molar-refractivity contribution in [3.63, 3.8) is 0 Å². The highest BCUT2D eigenvalue weighted by atomic mass is 19.1. The number of aromatic nitrogens is 2. The van der Waals surface area contributed by atoms with Crippen LogP contribution >= 0.6 is 0 Å². The van der Waals surface area contributed by atoms with E-state index in [9.17, 15) is 14.0 Å². The Kier molecular flexibility index (Phi) is 2.50. The van der Waals surface area contributed by atoms with Crippen molar-refractivity contribution in [2.45, 2.75) is 19.8 Å². The van der Waals surface area contributed by atoms with Crippen LogP contribution in [0.5, 0.6) is 0 Å². The number of imidazole rings is 1. The Balaban J connectivity index is 3.10. The van der Waals surface area contributed by atoms with E-state index in [-0.39, 0.29) is 0 Å². The summed E-state index contributed by atoms with van der Waals surface area (Å²) in [5.41, 5.74) is -0.655. The Morgan fingerprint density at radius 3 is 2.69 bits per heavy atom. The second-order valence-corrected chi connectivity index (χ2v) is 2.45. The van der Waals surface area contributed by atoms with E-state index in [1.165, 1.54) is 10.8 Å². The van der Waals surface area contributed by atoms with Gasteiger partial charge < -0.3 is 5.11 Å². The summed E-state index contributed by atoms with van der Waals surface area (Å²) in [5.74, 6) is -1.67. The van der Waals surface area contributed by atoms with Crippen LogP contribution in [0.3, 0.4) is 0 Å². The highest BCUT2D eigenvalue weighted by Crippen LogP contribution is 2.04. The number of halogens is 1. The summed E-state index contributed by atoms with van der Waals surface area (Å²) >= 11 is 0. The van der Waals surface area contributed by atoms with E-state index in [1.54, 1.807) is 6.92 Å². The van der Waals surface area contributed by atoms with Gasteiger partial charge in [0.1, 0.15) is 0 Å². The maximum Gasteiger partial charge on any atom is 0.360 e. The van der Waals surface area contributed by atoms with Crippen LogP contribution in [0.1, 0.15) is 13.2 Å². The average molecular weight is 188 g/mol. The number of carbonyl (C=O) groups is 1. The summed E-state index contributed by atoms with van der Waals surface area (Å²) in [6.07, 6.45) is 0.156. The molecule has 0 saturated carbocycles. The van der Waals surface area contributed by atoms with Crippen molar-refractivity contribution < 1.29 is 14.3 Å². The number of hydrogen-bond donors (Lipinski definition) is 1. The SMILES string of the molecule is CCn1ccn(C(F)C(=O)O)c1=O. The lowest BCUT2D eigenvalue weighted by atomic mass is 10.6. The topological polar surface area (TPSA) is 64.2 Å². The Morgan fingerprint density at radius 1 is 1.69 bits per heavy atom. The van der Waals surface area contributed by atoms with Gasteiger partial charge in [0.15, 0.2) is 0 Å². The van der Waals surface area contributed by atoms with Gasteiger partial charge in [0.25, 0.3) is 6.30 Å². The number of carboxylic acids is 1. The van der Waals surface area contributed by atoms with E-state index in [4.69, 9.17) is 5.11 Å². The maximum atomic E-state index is 12.8. The maximum absolute atomic E-state index is 12.8. The van der Waals surface area contributed by atoms with Crippen LogP contribution in [0.2, 0.25) is 0 Å². The van der Waals surface area contributed by atoms with E-state index >= 15 is 0 Å². The van der Waals surface area contributed by atoms with Crippen LogP contribution in [-0.2, 0) is 11.3 Å². The molecule has 0 amide bonds. The Bertz CT molecular complexity index is 368. The van der Waals surface area contributed by atoms with Gasteiger partial charge in [-0.25, -0.2) is 14.0 Å². The summed E-state index contributed by atoms with van der Waals surface area (Å²) in [6.45, 7) is 2.10. The van der Waals surface area contributed by atoms with Gasteiger partial charge in [0, 0.05) is 18.9 Å². The van der Waals surface area contributed by atoms with Gasteiger partial charge in [-0.15, -0.1) is 0 Å². The number of alkyl halides is 1. The minimum Gasteiger partial charge on any atom is -0.478 e. The van der Waals surface area contributed by atoms with Crippen molar-refractivity contribution in [3.05, 3.63) is 22.9 Å². The third kappa shape index (κ3) is 1.61. The van der Waals surface area contributed by atoms with Crippen LogP contribution < -0.4 is 5.69 Å². The average Bonchev–Trinajstić information content (AvgIpc) is 2.45. The molecule has 0 aliphatic heterocycles. The quantitative estimate of drug-likeness (QED) is 0.738. The molecule has 0 aliphatic carbocycles. The standard InChI is InChI=1S/C7H9FN2O3/c1-2-9-3-4-10(7(9)13)5(8)6(11)12/h3-5H,2H2,1H3,(H,11,12). The monoisotopic (exact) mass is 188 g/mol. The number of aliphatic carboxylic acids is 1. The molecule has 13 heavy (non-hydrogen) atoms. The summed E-state index contributed by atoms with van der Waals surface area (Å²) in [7, 11) is 0. The number of carboxylic acid groups (broad SMARTS) is 1. The summed E-state index contributed by atoms with van der Waals surface area (Å²) in [4.78, 5) is 21.4. The van der Waals surface area contributed by atoms with Crippen molar-refractivity contribution in [2.24, 2.45) is 0 Å². The molecule has 0 spiro atoms. The van der Waals surface area contributed by atoms with Gasteiger partial charge in [-0.05, 0) is 6.92 Å². The Hall–Kier alpha value is -1.59. The second kappa shape index (κ2) is 3.42. The highest BCUT2D eigenvalue weighted by molar-refractivity contribution is 5.70. The van der Waals surface area contributed by atoms with E-state index in [2.05, 4.69) is 0 Å². The summed E-state index contributed by atoms with van der Waals surface area (Å²) < 4.78 is 14.6. The minimum atomic E-state index is -2.31. The van der Waals surface area contributed by atoms with Gasteiger partial charge in [-0.2, -0.15) is 0 Å². The second-order valence-electron chi connectivity index (χ2n) is 2.45. The molecule has 72 valence electrons. The molecule has 6 heteroatoms. The molecular weight excluding hydrogens is 179 g/mol. The zero-order valence-electron chi connectivity index (χ0n) is 6.98. The van der Waals surface area contributed by atoms with E-state index in [0.29, 0.717) is 11.1 Å². The number of rotatable bonds is 3. The predicted octanol–water partition coefficient (Wildman–Crippen LogP) is 0.222. The van der Waals surface area contributed by atoms with Crippen molar-refractivity contribution in [2.75, 3.05) is 0 Å². The molecule has 0 fully saturated rings. The molecule has 0 saturated heterocycles. The predicted molar refractivity (Wildman–Crippen MR) is 42.1 cm³/mol. The first-order valence-corrected chi connectivity index (χ1v) is 3.72. The summed E-state index contributed by atoms with van der Waals surface area (Å²) in [6, 6.07) is 0. The molecular formula is C7H9FN2O3. The van der Waals surface area contributed by atoms with Gasteiger partial charge in [0.05, 0.1) is 0 Å². The molecule has 1 heterocycles. The fraction of sp³-hybridized carbons (Fsp3) is 0.429. The van der Waals surface area contributed by atoms with Crippen LogP contribution in [0.15, 0.2) is 17.2 Å². The molecule has 1 aromatic heterocycles. The molecule has 1 atom stereocenters. The molecule has 0 bridgehead atoms. The van der Waals surface area contributed by atoms with E-state index in [0.717, 1.165) is 6.20 Å². The number of aryl methyl sites for hydroxylation is 1. The van der Waals surface area contributed by atoms with Crippen molar-refractivity contribution in [1.82, 2.24) is 9.13 Å². The minimum absolute atomic E-state index is 0.387. The Morgan fingerprint density at radius 2 is 2.31 bits per heavy atom. The van der Waals surface area contributed by atoms with Crippen molar-refractivity contribution >= 4 is 5.97 Å². The first-order valence-electron chi connectivity index (χ1n) is 3.72. The smallest absolute Gasteiger partial charge is 0.360 e. The fourth-order valence-electron chi connectivity index (χ4n) is 0.960. The van der Waals surface area contributed by atoms with E-state index < -0.39 is 18.0 Å². The van der Waals surface area contributed by atoms with Crippen LogP contribution in [0.25, 0.3) is 0 Å². The zero-order valence-corrected chi connectivity index (χ0v) is 6.98. The van der Waals surface area contributed by atoms with Gasteiger partial charge in [0.2, 0.25) is 0 Å². The van der Waals surface area contributed by atoms with Gasteiger partial charge >= 0.3 is 11.7 Å². The fourth-order valence-corrected chi connectivity index (χ4v) is 0.960. The molecule has 1 rings (SSSR count). The zero-order chi connectivity index (χ0) is 10.0.